The molecule has 0 heterocycles. The first kappa shape index (κ1) is 9.23. The molecule has 1 rings (SSSR count). The Morgan fingerprint density at radius 1 is 1.33 bits per heavy atom. The second-order valence-electron chi connectivity index (χ2n) is 3.00. The molecule has 1 aromatic carbocycles. The molecule has 0 radical (unpaired) electrons. The Kier molecular flexibility index (Phi) is 3.77. The van der Waals surface area contributed by atoms with Gasteiger partial charge in [0.25, 0.3) is 0 Å². The van der Waals surface area contributed by atoms with Gasteiger partial charge in [-0.15, -0.1) is 0 Å². The van der Waals surface area contributed by atoms with Gasteiger partial charge in [-0.1, -0.05) is 30.3 Å². The Morgan fingerprint density at radius 2 is 2.00 bits per heavy atom. The summed E-state index contributed by atoms with van der Waals surface area (Å²) in [7, 11) is 0. The van der Waals surface area contributed by atoms with Gasteiger partial charge in [-0.25, -0.2) is 0 Å². The van der Waals surface area contributed by atoms with E-state index in [1.54, 1.807) is 0 Å². The van der Waals surface area contributed by atoms with Crippen LogP contribution in [0.5, 0.6) is 0 Å². The van der Waals surface area contributed by atoms with Crippen molar-refractivity contribution in [3.8, 4) is 0 Å². The van der Waals surface area contributed by atoms with E-state index in [2.05, 4.69) is 24.4 Å². The molecule has 0 aliphatic carbocycles. The highest BCUT2D eigenvalue weighted by atomic mass is 14.9. The van der Waals surface area contributed by atoms with E-state index in [9.17, 15) is 0 Å². The highest BCUT2D eigenvalue weighted by Gasteiger charge is 1.96. The molecular weight excluding hydrogens is 148 g/mol. The molecule has 0 aromatic heterocycles. The quantitative estimate of drug-likeness (QED) is 0.700. The molecule has 3 N–H and O–H groups in total. The zero-order valence-corrected chi connectivity index (χ0v) is 7.46. The highest BCUT2D eigenvalue weighted by molar-refractivity contribution is 5.14. The van der Waals surface area contributed by atoms with Gasteiger partial charge in [0.1, 0.15) is 0 Å². The van der Waals surface area contributed by atoms with Gasteiger partial charge in [0.2, 0.25) is 0 Å². The first-order chi connectivity index (χ1) is 5.83. The fourth-order valence-corrected chi connectivity index (χ4v) is 0.971. The predicted octanol–water partition coefficient (Wildman–Crippen LogP) is 1.12. The van der Waals surface area contributed by atoms with Crippen LogP contribution in [0, 0.1) is 0 Å². The van der Waals surface area contributed by atoms with Crippen LogP contribution in [-0.4, -0.2) is 12.6 Å². The molecular formula is C10H16N2. The average molecular weight is 164 g/mol. The Labute approximate surface area is 73.8 Å². The molecule has 0 amide bonds. The van der Waals surface area contributed by atoms with E-state index in [0.717, 1.165) is 6.54 Å². The fraction of sp³-hybridized carbons (Fsp3) is 0.400. The molecule has 2 heteroatoms. The summed E-state index contributed by atoms with van der Waals surface area (Å²) in [5, 5.41) is 3.32. The van der Waals surface area contributed by atoms with Crippen molar-refractivity contribution in [2.24, 2.45) is 5.73 Å². The van der Waals surface area contributed by atoms with Crippen molar-refractivity contribution in [2.45, 2.75) is 19.5 Å². The SMILES string of the molecule is CC(CN)NCc1ccccc1. The van der Waals surface area contributed by atoms with Crippen LogP contribution in [0.2, 0.25) is 0 Å². The van der Waals surface area contributed by atoms with Crippen LogP contribution in [0.25, 0.3) is 0 Å². The van der Waals surface area contributed by atoms with Crippen molar-refractivity contribution >= 4 is 0 Å². The van der Waals surface area contributed by atoms with Gasteiger partial charge in [0, 0.05) is 19.1 Å². The molecule has 0 bridgehead atoms. The zero-order chi connectivity index (χ0) is 8.81. The van der Waals surface area contributed by atoms with Crippen molar-refractivity contribution in [3.63, 3.8) is 0 Å². The van der Waals surface area contributed by atoms with E-state index in [-0.39, 0.29) is 0 Å². The zero-order valence-electron chi connectivity index (χ0n) is 7.46. The van der Waals surface area contributed by atoms with Crippen LogP contribution in [0.1, 0.15) is 12.5 Å². The average Bonchev–Trinajstić information content (AvgIpc) is 2.16. The van der Waals surface area contributed by atoms with E-state index in [0.29, 0.717) is 12.6 Å². The van der Waals surface area contributed by atoms with E-state index in [1.165, 1.54) is 5.56 Å². The second-order valence-corrected chi connectivity index (χ2v) is 3.00. The van der Waals surface area contributed by atoms with Gasteiger partial charge in [-0.3, -0.25) is 0 Å². The Hall–Kier alpha value is -0.860. The van der Waals surface area contributed by atoms with Crippen LogP contribution in [0.3, 0.4) is 0 Å². The van der Waals surface area contributed by atoms with Crippen molar-refractivity contribution < 1.29 is 0 Å². The van der Waals surface area contributed by atoms with Crippen molar-refractivity contribution in [2.75, 3.05) is 6.54 Å². The molecule has 0 fully saturated rings. The first-order valence-electron chi connectivity index (χ1n) is 4.30. The minimum absolute atomic E-state index is 0.394. The summed E-state index contributed by atoms with van der Waals surface area (Å²) >= 11 is 0. The van der Waals surface area contributed by atoms with Gasteiger partial charge in [0.15, 0.2) is 0 Å². The minimum atomic E-state index is 0.394. The summed E-state index contributed by atoms with van der Waals surface area (Å²) < 4.78 is 0. The summed E-state index contributed by atoms with van der Waals surface area (Å²) in [5.74, 6) is 0. The monoisotopic (exact) mass is 164 g/mol. The van der Waals surface area contributed by atoms with E-state index in [4.69, 9.17) is 5.73 Å². The van der Waals surface area contributed by atoms with Gasteiger partial charge in [-0.05, 0) is 12.5 Å². The summed E-state index contributed by atoms with van der Waals surface area (Å²) in [6.45, 7) is 3.68. The van der Waals surface area contributed by atoms with Crippen molar-refractivity contribution in [1.82, 2.24) is 5.32 Å². The highest BCUT2D eigenvalue weighted by Crippen LogP contribution is 1.97. The third kappa shape index (κ3) is 3.03. The van der Waals surface area contributed by atoms with Crippen molar-refractivity contribution in [1.29, 1.82) is 0 Å². The molecule has 0 aliphatic heterocycles. The van der Waals surface area contributed by atoms with Crippen LogP contribution in [0.4, 0.5) is 0 Å². The maximum absolute atomic E-state index is 5.47. The number of rotatable bonds is 4. The Balaban J connectivity index is 2.33. The number of nitrogens with two attached hydrogens (primary N) is 1. The van der Waals surface area contributed by atoms with Crippen LogP contribution < -0.4 is 11.1 Å². The molecule has 0 saturated carbocycles. The van der Waals surface area contributed by atoms with Gasteiger partial charge in [0.05, 0.1) is 0 Å². The lowest BCUT2D eigenvalue weighted by Gasteiger charge is -2.10. The third-order valence-corrected chi connectivity index (χ3v) is 1.85. The third-order valence-electron chi connectivity index (χ3n) is 1.85. The molecule has 0 saturated heterocycles. The summed E-state index contributed by atoms with van der Waals surface area (Å²) in [4.78, 5) is 0. The normalized spacial score (nSPS) is 12.8. The van der Waals surface area contributed by atoms with Gasteiger partial charge >= 0.3 is 0 Å². The van der Waals surface area contributed by atoms with Crippen LogP contribution in [-0.2, 0) is 6.54 Å². The molecule has 1 aromatic rings. The predicted molar refractivity (Wildman–Crippen MR) is 51.8 cm³/mol. The van der Waals surface area contributed by atoms with Crippen molar-refractivity contribution in [3.05, 3.63) is 35.9 Å². The molecule has 1 unspecified atom stereocenters. The summed E-state index contributed by atoms with van der Waals surface area (Å²) in [5.41, 5.74) is 6.78. The standard InChI is InChI=1S/C10H16N2/c1-9(7-11)12-8-10-5-3-2-4-6-10/h2-6,9,12H,7-8,11H2,1H3. The molecule has 0 spiro atoms. The molecule has 1 atom stereocenters. The number of nitrogens with one attached hydrogen (secondary N) is 1. The minimum Gasteiger partial charge on any atom is -0.329 e. The lowest BCUT2D eigenvalue weighted by atomic mass is 10.2. The largest absolute Gasteiger partial charge is 0.329 e. The van der Waals surface area contributed by atoms with Gasteiger partial charge < -0.3 is 11.1 Å². The summed E-state index contributed by atoms with van der Waals surface area (Å²) in [6.07, 6.45) is 0. The van der Waals surface area contributed by atoms with E-state index < -0.39 is 0 Å². The summed E-state index contributed by atoms with van der Waals surface area (Å²) in [6, 6.07) is 10.7. The molecule has 66 valence electrons. The fourth-order valence-electron chi connectivity index (χ4n) is 0.971. The maximum Gasteiger partial charge on any atom is 0.0208 e. The number of benzene rings is 1. The molecule has 0 aliphatic rings. The molecule has 2 nitrogen and oxygen atoms in total. The first-order valence-corrected chi connectivity index (χ1v) is 4.30. The lowest BCUT2D eigenvalue weighted by Crippen LogP contribution is -2.32. The molecule has 12 heavy (non-hydrogen) atoms. The maximum atomic E-state index is 5.47. The van der Waals surface area contributed by atoms with Crippen LogP contribution in [0.15, 0.2) is 30.3 Å². The number of hydrogen-bond donors (Lipinski definition) is 2. The Morgan fingerprint density at radius 3 is 2.58 bits per heavy atom. The lowest BCUT2D eigenvalue weighted by molar-refractivity contribution is 0.556. The van der Waals surface area contributed by atoms with Crippen LogP contribution >= 0.6 is 0 Å². The topological polar surface area (TPSA) is 38.0 Å². The van der Waals surface area contributed by atoms with E-state index in [1.807, 2.05) is 18.2 Å². The number of hydrogen-bond acceptors (Lipinski definition) is 2. The van der Waals surface area contributed by atoms with Gasteiger partial charge in [-0.2, -0.15) is 0 Å². The second kappa shape index (κ2) is 4.91. The Bertz CT molecular complexity index is 208. The van der Waals surface area contributed by atoms with E-state index >= 15 is 0 Å². The smallest absolute Gasteiger partial charge is 0.0208 e.